The average Bonchev–Trinajstić information content (AvgIpc) is 2.14. The fraction of sp³-hybridized carbons (Fsp3) is 1.00. The Balaban J connectivity index is 2.30. The molecule has 0 amide bonds. The molecule has 1 rings (SSSR count). The summed E-state index contributed by atoms with van der Waals surface area (Å²) in [7, 11) is 1.73. The zero-order valence-electron chi connectivity index (χ0n) is 5.39. The number of methoxy groups -OCH3 is 1. The van der Waals surface area contributed by atoms with Gasteiger partial charge in [0.05, 0.1) is 19.3 Å². The van der Waals surface area contributed by atoms with Gasteiger partial charge in [-0.2, -0.15) is 0 Å². The number of ether oxygens (including phenoxy) is 2. The Morgan fingerprint density at radius 1 is 1.50 bits per heavy atom. The Labute approximate surface area is 49.8 Å². The van der Waals surface area contributed by atoms with Gasteiger partial charge in [0.15, 0.2) is 0 Å². The van der Waals surface area contributed by atoms with Crippen molar-refractivity contribution in [2.45, 2.75) is 13.0 Å². The van der Waals surface area contributed by atoms with Crippen LogP contribution in [0.4, 0.5) is 0 Å². The van der Waals surface area contributed by atoms with Crippen molar-refractivity contribution < 1.29 is 9.47 Å². The summed E-state index contributed by atoms with van der Waals surface area (Å²) < 4.78 is 10.2. The summed E-state index contributed by atoms with van der Waals surface area (Å²) in [5.41, 5.74) is 0. The van der Waals surface area contributed by atoms with E-state index in [9.17, 15) is 0 Å². The molecule has 0 bridgehead atoms. The average molecular weight is 116 g/mol. The van der Waals surface area contributed by atoms with E-state index in [0.717, 1.165) is 13.2 Å². The highest BCUT2D eigenvalue weighted by molar-refractivity contribution is 4.70. The Hall–Kier alpha value is -0.0800. The second-order valence-electron chi connectivity index (χ2n) is 2.29. The Morgan fingerprint density at radius 2 is 2.25 bits per heavy atom. The highest BCUT2D eigenvalue weighted by atomic mass is 16.5. The van der Waals surface area contributed by atoms with Gasteiger partial charge in [0.25, 0.3) is 0 Å². The first-order valence-corrected chi connectivity index (χ1v) is 2.95. The molecule has 0 unspecified atom stereocenters. The molecule has 0 spiro atoms. The van der Waals surface area contributed by atoms with Crippen LogP contribution < -0.4 is 0 Å². The second-order valence-corrected chi connectivity index (χ2v) is 2.29. The molecule has 1 fully saturated rings. The van der Waals surface area contributed by atoms with Crippen LogP contribution in [0, 0.1) is 5.92 Å². The molecule has 2 nitrogen and oxygen atoms in total. The van der Waals surface area contributed by atoms with Crippen LogP contribution in [0.2, 0.25) is 0 Å². The third kappa shape index (κ3) is 1.01. The van der Waals surface area contributed by atoms with Crippen LogP contribution in [-0.4, -0.2) is 26.4 Å². The maximum absolute atomic E-state index is 5.14. The van der Waals surface area contributed by atoms with E-state index < -0.39 is 0 Å². The molecule has 0 radical (unpaired) electrons. The lowest BCUT2D eigenvalue weighted by molar-refractivity contribution is 0.0697. The van der Waals surface area contributed by atoms with E-state index in [0.29, 0.717) is 12.0 Å². The molecule has 0 N–H and O–H groups in total. The van der Waals surface area contributed by atoms with Crippen LogP contribution in [0.15, 0.2) is 0 Å². The van der Waals surface area contributed by atoms with E-state index in [2.05, 4.69) is 6.92 Å². The van der Waals surface area contributed by atoms with Crippen molar-refractivity contribution >= 4 is 0 Å². The van der Waals surface area contributed by atoms with Gasteiger partial charge in [-0.15, -0.1) is 0 Å². The van der Waals surface area contributed by atoms with Crippen LogP contribution >= 0.6 is 0 Å². The molecule has 0 aromatic rings. The van der Waals surface area contributed by atoms with Crippen molar-refractivity contribution in [2.24, 2.45) is 5.92 Å². The predicted molar refractivity (Wildman–Crippen MR) is 30.8 cm³/mol. The van der Waals surface area contributed by atoms with Gasteiger partial charge in [-0.1, -0.05) is 6.92 Å². The third-order valence-electron chi connectivity index (χ3n) is 1.60. The van der Waals surface area contributed by atoms with Crippen LogP contribution in [0.25, 0.3) is 0 Å². The number of hydrogen-bond donors (Lipinski definition) is 0. The van der Waals surface area contributed by atoms with E-state index in [-0.39, 0.29) is 0 Å². The molecule has 0 saturated carbocycles. The fourth-order valence-electron chi connectivity index (χ4n) is 0.942. The van der Waals surface area contributed by atoms with Crippen molar-refractivity contribution in [1.82, 2.24) is 0 Å². The minimum Gasteiger partial charge on any atom is -0.379 e. The highest BCUT2D eigenvalue weighted by Crippen LogP contribution is 2.14. The highest BCUT2D eigenvalue weighted by Gasteiger charge is 2.22. The topological polar surface area (TPSA) is 18.5 Å². The smallest absolute Gasteiger partial charge is 0.0852 e. The van der Waals surface area contributed by atoms with Gasteiger partial charge in [0.2, 0.25) is 0 Å². The van der Waals surface area contributed by atoms with Gasteiger partial charge < -0.3 is 9.47 Å². The summed E-state index contributed by atoms with van der Waals surface area (Å²) in [6.07, 6.45) is 0.343. The summed E-state index contributed by atoms with van der Waals surface area (Å²) >= 11 is 0. The molecule has 1 heterocycles. The van der Waals surface area contributed by atoms with Gasteiger partial charge >= 0.3 is 0 Å². The van der Waals surface area contributed by atoms with Gasteiger partial charge in [0.1, 0.15) is 0 Å². The fourth-order valence-corrected chi connectivity index (χ4v) is 0.942. The summed E-state index contributed by atoms with van der Waals surface area (Å²) in [5.74, 6) is 0.583. The molecule has 8 heavy (non-hydrogen) atoms. The Morgan fingerprint density at radius 3 is 2.50 bits per heavy atom. The Kier molecular flexibility index (Phi) is 1.86. The molecule has 0 aliphatic carbocycles. The first-order chi connectivity index (χ1) is 3.84. The lowest BCUT2D eigenvalue weighted by Gasteiger charge is -2.08. The molecular weight excluding hydrogens is 104 g/mol. The third-order valence-corrected chi connectivity index (χ3v) is 1.60. The first kappa shape index (κ1) is 6.05. The molecule has 2 atom stereocenters. The van der Waals surface area contributed by atoms with Crippen LogP contribution in [0.1, 0.15) is 6.92 Å². The van der Waals surface area contributed by atoms with Crippen molar-refractivity contribution in [3.8, 4) is 0 Å². The van der Waals surface area contributed by atoms with Crippen molar-refractivity contribution in [1.29, 1.82) is 0 Å². The summed E-state index contributed by atoms with van der Waals surface area (Å²) in [6, 6.07) is 0. The second kappa shape index (κ2) is 2.46. The van der Waals surface area contributed by atoms with E-state index in [4.69, 9.17) is 9.47 Å². The SMILES string of the molecule is CO[C@@H]1COC[C@H]1C. The summed E-state index contributed by atoms with van der Waals surface area (Å²) in [4.78, 5) is 0. The predicted octanol–water partition coefficient (Wildman–Crippen LogP) is 0.668. The maximum Gasteiger partial charge on any atom is 0.0852 e. The number of hydrogen-bond acceptors (Lipinski definition) is 2. The zero-order chi connectivity index (χ0) is 5.98. The lowest BCUT2D eigenvalue weighted by Crippen LogP contribution is -2.17. The summed E-state index contributed by atoms with van der Waals surface area (Å²) in [5, 5.41) is 0. The normalized spacial score (nSPS) is 38.2. The maximum atomic E-state index is 5.14. The minimum absolute atomic E-state index is 0.343. The number of rotatable bonds is 1. The Bertz CT molecular complexity index is 72.9. The van der Waals surface area contributed by atoms with Gasteiger partial charge in [-0.3, -0.25) is 0 Å². The first-order valence-electron chi connectivity index (χ1n) is 2.95. The monoisotopic (exact) mass is 116 g/mol. The molecule has 0 aromatic heterocycles. The molecule has 1 aliphatic heterocycles. The molecule has 0 aromatic carbocycles. The largest absolute Gasteiger partial charge is 0.379 e. The minimum atomic E-state index is 0.343. The van der Waals surface area contributed by atoms with E-state index in [1.165, 1.54) is 0 Å². The van der Waals surface area contributed by atoms with Gasteiger partial charge in [-0.05, 0) is 0 Å². The van der Waals surface area contributed by atoms with Crippen LogP contribution in [-0.2, 0) is 9.47 Å². The van der Waals surface area contributed by atoms with Crippen molar-refractivity contribution in [3.05, 3.63) is 0 Å². The van der Waals surface area contributed by atoms with E-state index in [1.54, 1.807) is 7.11 Å². The lowest BCUT2D eigenvalue weighted by atomic mass is 10.1. The van der Waals surface area contributed by atoms with Crippen LogP contribution in [0.5, 0.6) is 0 Å². The van der Waals surface area contributed by atoms with Gasteiger partial charge in [-0.25, -0.2) is 0 Å². The van der Waals surface area contributed by atoms with Crippen molar-refractivity contribution in [2.75, 3.05) is 20.3 Å². The van der Waals surface area contributed by atoms with Crippen molar-refractivity contribution in [3.63, 3.8) is 0 Å². The molecule has 2 heteroatoms. The molecule has 1 aliphatic rings. The van der Waals surface area contributed by atoms with Crippen LogP contribution in [0.3, 0.4) is 0 Å². The zero-order valence-corrected chi connectivity index (χ0v) is 5.39. The van der Waals surface area contributed by atoms with E-state index in [1.807, 2.05) is 0 Å². The van der Waals surface area contributed by atoms with Gasteiger partial charge in [0, 0.05) is 13.0 Å². The molecule has 48 valence electrons. The standard InChI is InChI=1S/C6H12O2/c1-5-3-8-4-6(5)7-2/h5-6H,3-4H2,1-2H3/t5-,6-/m1/s1. The molecule has 1 saturated heterocycles. The van der Waals surface area contributed by atoms with E-state index >= 15 is 0 Å². The quantitative estimate of drug-likeness (QED) is 0.501. The molecular formula is C6H12O2. The summed E-state index contributed by atoms with van der Waals surface area (Å²) in [6.45, 7) is 3.78.